The fourth-order valence-electron chi connectivity index (χ4n) is 4.99. The summed E-state index contributed by atoms with van der Waals surface area (Å²) in [6.07, 6.45) is 1.54. The largest absolute Gasteiger partial charge is 0.467 e. The van der Waals surface area contributed by atoms with Crippen LogP contribution in [0, 0.1) is 12.7 Å². The second kappa shape index (κ2) is 11.5. The van der Waals surface area contributed by atoms with E-state index in [2.05, 4.69) is 17.4 Å². The Balaban J connectivity index is 1.53. The van der Waals surface area contributed by atoms with E-state index in [0.29, 0.717) is 23.0 Å². The van der Waals surface area contributed by atoms with Crippen molar-refractivity contribution in [2.75, 3.05) is 17.2 Å². The molecular weight excluding hydrogens is 539 g/mol. The maximum atomic E-state index is 14.0. The molecule has 0 spiro atoms. The number of benzene rings is 3. The summed E-state index contributed by atoms with van der Waals surface area (Å²) in [6.45, 7) is 2.02. The van der Waals surface area contributed by atoms with Crippen molar-refractivity contribution in [1.82, 2.24) is 15.1 Å². The zero-order valence-corrected chi connectivity index (χ0v) is 23.1. The van der Waals surface area contributed by atoms with E-state index in [1.807, 2.05) is 49.4 Å². The third kappa shape index (κ3) is 5.53. The molecule has 0 bridgehead atoms. The van der Waals surface area contributed by atoms with Crippen LogP contribution < -0.4 is 10.2 Å². The summed E-state index contributed by atoms with van der Waals surface area (Å²) in [7, 11) is 0. The molecular formula is C32H27FN4O3S. The Labute approximate surface area is 241 Å². The molecule has 9 heteroatoms. The first-order valence-corrected chi connectivity index (χ1v) is 14.2. The van der Waals surface area contributed by atoms with Crippen LogP contribution in [0.4, 0.5) is 10.2 Å². The minimum atomic E-state index is -0.381. The lowest BCUT2D eigenvalue weighted by molar-refractivity contribution is -0.123. The number of hydrogen-bond donors (Lipinski definition) is 1. The smallest absolute Gasteiger partial charge is 0.240 e. The molecule has 0 saturated heterocycles. The summed E-state index contributed by atoms with van der Waals surface area (Å²) in [5.41, 5.74) is 5.10. The third-order valence-electron chi connectivity index (χ3n) is 6.89. The predicted molar refractivity (Wildman–Crippen MR) is 157 cm³/mol. The van der Waals surface area contributed by atoms with E-state index in [-0.39, 0.29) is 41.7 Å². The third-order valence-corrected chi connectivity index (χ3v) is 8.15. The molecule has 6 rings (SSSR count). The highest BCUT2D eigenvalue weighted by Crippen LogP contribution is 2.48. The summed E-state index contributed by atoms with van der Waals surface area (Å²) in [6, 6.07) is 27.4. The SMILES string of the molecule is Cc1cccc(C2SCC(=O)N(CC(=O)NCc3ccco3)c3c2c(-c2ccccc2)nn3-c2ccc(F)cc2)c1. The van der Waals surface area contributed by atoms with Crippen molar-refractivity contribution in [3.05, 3.63) is 126 Å². The molecule has 1 aliphatic rings. The van der Waals surface area contributed by atoms with Gasteiger partial charge in [-0.25, -0.2) is 9.07 Å². The molecule has 2 aromatic heterocycles. The molecule has 0 aliphatic carbocycles. The Hall–Kier alpha value is -4.63. The Bertz CT molecular complexity index is 1680. The molecule has 0 radical (unpaired) electrons. The van der Waals surface area contributed by atoms with Crippen LogP contribution in [0.2, 0.25) is 0 Å². The molecule has 2 amide bonds. The Morgan fingerprint density at radius 2 is 1.85 bits per heavy atom. The van der Waals surface area contributed by atoms with Crippen molar-refractivity contribution in [3.8, 4) is 16.9 Å². The van der Waals surface area contributed by atoms with Gasteiger partial charge in [0.2, 0.25) is 11.8 Å². The van der Waals surface area contributed by atoms with Gasteiger partial charge in [0, 0.05) is 11.1 Å². The van der Waals surface area contributed by atoms with Gasteiger partial charge in [0.05, 0.1) is 35.2 Å². The van der Waals surface area contributed by atoms with Crippen LogP contribution in [0.25, 0.3) is 16.9 Å². The normalized spacial score (nSPS) is 14.9. The van der Waals surface area contributed by atoms with Crippen molar-refractivity contribution >= 4 is 29.4 Å². The van der Waals surface area contributed by atoms with E-state index in [0.717, 1.165) is 22.3 Å². The van der Waals surface area contributed by atoms with E-state index in [9.17, 15) is 14.0 Å². The van der Waals surface area contributed by atoms with Gasteiger partial charge >= 0.3 is 0 Å². The first-order chi connectivity index (χ1) is 20.0. The number of carbonyl (C=O) groups is 2. The van der Waals surface area contributed by atoms with E-state index in [1.54, 1.807) is 35.2 Å². The highest BCUT2D eigenvalue weighted by atomic mass is 32.2. The summed E-state index contributed by atoms with van der Waals surface area (Å²) in [5.74, 6) is 0.323. The number of amides is 2. The number of halogens is 1. The highest BCUT2D eigenvalue weighted by Gasteiger charge is 2.37. The van der Waals surface area contributed by atoms with Gasteiger partial charge in [-0.05, 0) is 48.9 Å². The van der Waals surface area contributed by atoms with Crippen LogP contribution in [0.3, 0.4) is 0 Å². The molecule has 7 nitrogen and oxygen atoms in total. The van der Waals surface area contributed by atoms with Crippen molar-refractivity contribution in [1.29, 1.82) is 0 Å². The molecule has 3 aromatic carbocycles. The molecule has 206 valence electrons. The lowest BCUT2D eigenvalue weighted by Gasteiger charge is -2.23. The van der Waals surface area contributed by atoms with Crippen LogP contribution in [-0.2, 0) is 16.1 Å². The Kier molecular flexibility index (Phi) is 7.43. The van der Waals surface area contributed by atoms with Crippen molar-refractivity contribution in [2.24, 2.45) is 0 Å². The van der Waals surface area contributed by atoms with E-state index in [1.165, 1.54) is 28.8 Å². The van der Waals surface area contributed by atoms with Gasteiger partial charge in [-0.2, -0.15) is 5.10 Å². The van der Waals surface area contributed by atoms with Gasteiger partial charge < -0.3 is 9.73 Å². The van der Waals surface area contributed by atoms with Crippen LogP contribution in [0.1, 0.15) is 27.7 Å². The standard InChI is InChI=1S/C32H27FN4O3S/c1-21-7-5-10-23(17-21)31-29-30(22-8-3-2-4-9-22)35-37(25-14-12-24(33)13-15-25)32(29)36(28(39)20-41-31)19-27(38)34-18-26-11-6-16-40-26/h2-17,31H,18-20H2,1H3,(H,34,38). The number of hydrogen-bond acceptors (Lipinski definition) is 5. The summed E-state index contributed by atoms with van der Waals surface area (Å²) < 4.78 is 20.9. The number of furan rings is 1. The number of anilines is 1. The van der Waals surface area contributed by atoms with Gasteiger partial charge in [-0.15, -0.1) is 11.8 Å². The van der Waals surface area contributed by atoms with Gasteiger partial charge in [-0.3, -0.25) is 14.5 Å². The summed E-state index contributed by atoms with van der Waals surface area (Å²) >= 11 is 1.51. The van der Waals surface area contributed by atoms with Gasteiger partial charge in [-0.1, -0.05) is 60.2 Å². The molecule has 1 unspecified atom stereocenters. The molecule has 3 heterocycles. The second-order valence-corrected chi connectivity index (χ2v) is 10.9. The fraction of sp³-hybridized carbons (Fsp3) is 0.156. The van der Waals surface area contributed by atoms with E-state index in [4.69, 9.17) is 9.52 Å². The van der Waals surface area contributed by atoms with Gasteiger partial charge in [0.15, 0.2) is 0 Å². The zero-order valence-electron chi connectivity index (χ0n) is 22.3. The quantitative estimate of drug-likeness (QED) is 0.259. The number of rotatable bonds is 7. The number of fused-ring (bicyclic) bond motifs is 1. The van der Waals surface area contributed by atoms with Crippen LogP contribution >= 0.6 is 11.8 Å². The average Bonchev–Trinajstić information content (AvgIpc) is 3.62. The highest BCUT2D eigenvalue weighted by molar-refractivity contribution is 8.00. The maximum Gasteiger partial charge on any atom is 0.240 e. The Morgan fingerprint density at radius 1 is 1.05 bits per heavy atom. The van der Waals surface area contributed by atoms with Crippen molar-refractivity contribution in [3.63, 3.8) is 0 Å². The number of nitrogens with zero attached hydrogens (tertiary/aromatic N) is 3. The number of aromatic nitrogens is 2. The number of thioether (sulfide) groups is 1. The number of carbonyl (C=O) groups excluding carboxylic acids is 2. The second-order valence-electron chi connectivity index (χ2n) is 9.78. The first-order valence-electron chi connectivity index (χ1n) is 13.2. The van der Waals surface area contributed by atoms with Crippen LogP contribution in [-0.4, -0.2) is 33.9 Å². The molecule has 0 fully saturated rings. The maximum absolute atomic E-state index is 14.0. The van der Waals surface area contributed by atoms with Crippen LogP contribution in [0.5, 0.6) is 0 Å². The zero-order chi connectivity index (χ0) is 28.3. The molecule has 1 atom stereocenters. The Morgan fingerprint density at radius 3 is 2.59 bits per heavy atom. The minimum absolute atomic E-state index is 0.163. The lowest BCUT2D eigenvalue weighted by Crippen LogP contribution is -2.42. The van der Waals surface area contributed by atoms with E-state index >= 15 is 0 Å². The summed E-state index contributed by atoms with van der Waals surface area (Å²) in [5, 5.41) is 7.63. The molecule has 5 aromatic rings. The molecule has 1 N–H and O–H groups in total. The van der Waals surface area contributed by atoms with Crippen molar-refractivity contribution < 1.29 is 18.4 Å². The number of aryl methyl sites for hydroxylation is 1. The average molecular weight is 567 g/mol. The molecule has 0 saturated carbocycles. The summed E-state index contributed by atoms with van der Waals surface area (Å²) in [4.78, 5) is 28.5. The monoisotopic (exact) mass is 566 g/mol. The molecule has 1 aliphatic heterocycles. The predicted octanol–water partition coefficient (Wildman–Crippen LogP) is 6.07. The van der Waals surface area contributed by atoms with Crippen LogP contribution in [0.15, 0.2) is 102 Å². The fourth-order valence-corrected chi connectivity index (χ4v) is 6.17. The van der Waals surface area contributed by atoms with E-state index < -0.39 is 0 Å². The van der Waals surface area contributed by atoms with Gasteiger partial charge in [0.25, 0.3) is 0 Å². The van der Waals surface area contributed by atoms with Gasteiger partial charge in [0.1, 0.15) is 23.9 Å². The lowest BCUT2D eigenvalue weighted by atomic mass is 9.98. The first kappa shape index (κ1) is 26.6. The molecule has 41 heavy (non-hydrogen) atoms. The minimum Gasteiger partial charge on any atom is -0.467 e. The number of nitrogens with one attached hydrogen (secondary N) is 1. The topological polar surface area (TPSA) is 80.4 Å². The van der Waals surface area contributed by atoms with Crippen molar-refractivity contribution in [2.45, 2.75) is 18.7 Å².